The topological polar surface area (TPSA) is 77.3 Å². The van der Waals surface area contributed by atoms with Crippen molar-refractivity contribution >= 4 is 22.1 Å². The van der Waals surface area contributed by atoms with E-state index in [1.54, 1.807) is 18.3 Å². The predicted molar refractivity (Wildman–Crippen MR) is 98.0 cm³/mol. The molecule has 0 bridgehead atoms. The molecule has 0 radical (unpaired) electrons. The molecule has 1 N–H and O–H groups in total. The van der Waals surface area contributed by atoms with Crippen molar-refractivity contribution in [3.8, 4) is 5.75 Å². The molecule has 0 saturated heterocycles. The van der Waals surface area contributed by atoms with Gasteiger partial charge < -0.3 is 10.1 Å². The van der Waals surface area contributed by atoms with Gasteiger partial charge in [-0.15, -0.1) is 0 Å². The second-order valence-electron chi connectivity index (χ2n) is 5.68. The van der Waals surface area contributed by atoms with Crippen LogP contribution in [0.1, 0.15) is 25.5 Å². The molecule has 2 aromatic carbocycles. The Kier molecular flexibility index (Phi) is 4.79. The first kappa shape index (κ1) is 16.7. The van der Waals surface area contributed by atoms with E-state index in [0.717, 1.165) is 22.4 Å². The molecule has 0 spiro atoms. The smallest absolute Gasteiger partial charge is 0.278 e. The number of hydrogen-bond acceptors (Lipinski definition) is 5. The summed E-state index contributed by atoms with van der Waals surface area (Å²) in [4.78, 5) is 14.8. The average Bonchev–Trinajstić information content (AvgIpc) is 2.62. The van der Waals surface area contributed by atoms with E-state index in [4.69, 9.17) is 4.74 Å². The first-order valence-electron chi connectivity index (χ1n) is 8.10. The SMILES string of the molecule is CCOc1ccc(C(C)Nc2ccc([N+](=O)[O-])c3cnccc23)cc1. The normalized spacial score (nSPS) is 11.9. The Bertz CT molecular complexity index is 894. The fourth-order valence-electron chi connectivity index (χ4n) is 2.80. The Morgan fingerprint density at radius 2 is 1.92 bits per heavy atom. The largest absolute Gasteiger partial charge is 0.494 e. The van der Waals surface area contributed by atoms with Crippen molar-refractivity contribution in [3.05, 3.63) is 70.5 Å². The number of hydrogen-bond donors (Lipinski definition) is 1. The van der Waals surface area contributed by atoms with Crippen molar-refractivity contribution in [3.63, 3.8) is 0 Å². The summed E-state index contributed by atoms with van der Waals surface area (Å²) >= 11 is 0. The van der Waals surface area contributed by atoms with E-state index >= 15 is 0 Å². The molecule has 3 aromatic rings. The first-order chi connectivity index (χ1) is 12.1. The zero-order valence-electron chi connectivity index (χ0n) is 14.1. The number of nitrogens with zero attached hydrogens (tertiary/aromatic N) is 2. The lowest BCUT2D eigenvalue weighted by Gasteiger charge is -2.18. The van der Waals surface area contributed by atoms with Crippen LogP contribution in [0.3, 0.4) is 0 Å². The predicted octanol–water partition coefficient (Wildman–Crippen LogP) is 4.71. The lowest BCUT2D eigenvalue weighted by atomic mass is 10.1. The fraction of sp³-hybridized carbons (Fsp3) is 0.211. The summed E-state index contributed by atoms with van der Waals surface area (Å²) in [5.74, 6) is 0.838. The summed E-state index contributed by atoms with van der Waals surface area (Å²) < 4.78 is 5.46. The molecule has 3 rings (SSSR count). The van der Waals surface area contributed by atoms with Gasteiger partial charge in [-0.3, -0.25) is 15.1 Å². The second-order valence-corrected chi connectivity index (χ2v) is 5.68. The van der Waals surface area contributed by atoms with E-state index in [-0.39, 0.29) is 16.7 Å². The molecule has 0 aliphatic heterocycles. The number of anilines is 1. The average molecular weight is 337 g/mol. The van der Waals surface area contributed by atoms with Gasteiger partial charge in [0.05, 0.1) is 16.9 Å². The number of rotatable bonds is 6. The molecule has 6 heteroatoms. The highest BCUT2D eigenvalue weighted by molar-refractivity contribution is 5.99. The quantitative estimate of drug-likeness (QED) is 0.520. The van der Waals surface area contributed by atoms with Crippen molar-refractivity contribution in [1.29, 1.82) is 0 Å². The van der Waals surface area contributed by atoms with Gasteiger partial charge in [0, 0.05) is 35.6 Å². The number of ether oxygens (including phenoxy) is 1. The van der Waals surface area contributed by atoms with E-state index in [1.807, 2.05) is 38.1 Å². The van der Waals surface area contributed by atoms with Crippen LogP contribution in [0.25, 0.3) is 10.8 Å². The summed E-state index contributed by atoms with van der Waals surface area (Å²) in [6.45, 7) is 4.63. The van der Waals surface area contributed by atoms with Gasteiger partial charge in [0.25, 0.3) is 5.69 Å². The number of non-ortho nitro benzene ring substituents is 1. The van der Waals surface area contributed by atoms with E-state index in [0.29, 0.717) is 12.0 Å². The second kappa shape index (κ2) is 7.17. The molecule has 25 heavy (non-hydrogen) atoms. The summed E-state index contributed by atoms with van der Waals surface area (Å²) in [5, 5.41) is 15.9. The van der Waals surface area contributed by atoms with Crippen LogP contribution in [-0.4, -0.2) is 16.5 Å². The zero-order valence-corrected chi connectivity index (χ0v) is 14.1. The van der Waals surface area contributed by atoms with Gasteiger partial charge in [-0.1, -0.05) is 12.1 Å². The molecule has 0 aliphatic rings. The van der Waals surface area contributed by atoms with Crippen LogP contribution in [0.5, 0.6) is 5.75 Å². The fourth-order valence-corrected chi connectivity index (χ4v) is 2.80. The molecular formula is C19H19N3O3. The molecule has 128 valence electrons. The number of nitro benzene ring substituents is 1. The minimum Gasteiger partial charge on any atom is -0.494 e. The molecule has 1 heterocycles. The molecule has 1 atom stereocenters. The number of aromatic nitrogens is 1. The van der Waals surface area contributed by atoms with E-state index in [2.05, 4.69) is 10.3 Å². The number of nitrogens with one attached hydrogen (secondary N) is 1. The minimum atomic E-state index is -0.385. The van der Waals surface area contributed by atoms with Crippen molar-refractivity contribution in [2.45, 2.75) is 19.9 Å². The highest BCUT2D eigenvalue weighted by Gasteiger charge is 2.15. The summed E-state index contributed by atoms with van der Waals surface area (Å²) in [6, 6.07) is 13.0. The van der Waals surface area contributed by atoms with Crippen molar-refractivity contribution < 1.29 is 9.66 Å². The van der Waals surface area contributed by atoms with E-state index in [1.165, 1.54) is 12.3 Å². The maximum atomic E-state index is 11.2. The van der Waals surface area contributed by atoms with Gasteiger partial charge in [0.2, 0.25) is 0 Å². The summed E-state index contributed by atoms with van der Waals surface area (Å²) in [6.07, 6.45) is 3.17. The summed E-state index contributed by atoms with van der Waals surface area (Å²) in [5.41, 5.74) is 2.00. The first-order valence-corrected chi connectivity index (χ1v) is 8.10. The van der Waals surface area contributed by atoms with Crippen LogP contribution in [0.4, 0.5) is 11.4 Å². The van der Waals surface area contributed by atoms with Gasteiger partial charge in [-0.05, 0) is 43.7 Å². The molecular weight excluding hydrogens is 318 g/mol. The number of benzene rings is 2. The summed E-state index contributed by atoms with van der Waals surface area (Å²) in [7, 11) is 0. The Hall–Kier alpha value is -3.15. The lowest BCUT2D eigenvalue weighted by Crippen LogP contribution is -2.07. The van der Waals surface area contributed by atoms with Gasteiger partial charge >= 0.3 is 0 Å². The Labute approximate surface area is 145 Å². The Morgan fingerprint density at radius 3 is 2.60 bits per heavy atom. The van der Waals surface area contributed by atoms with Gasteiger partial charge in [-0.2, -0.15) is 0 Å². The highest BCUT2D eigenvalue weighted by Crippen LogP contribution is 2.32. The van der Waals surface area contributed by atoms with Crippen LogP contribution in [0.2, 0.25) is 0 Å². The molecule has 0 aliphatic carbocycles. The number of fused-ring (bicyclic) bond motifs is 1. The van der Waals surface area contributed by atoms with Crippen molar-refractivity contribution in [1.82, 2.24) is 4.98 Å². The number of pyridine rings is 1. The van der Waals surface area contributed by atoms with Gasteiger partial charge in [0.1, 0.15) is 5.75 Å². The third-order valence-corrected chi connectivity index (χ3v) is 4.05. The highest BCUT2D eigenvalue weighted by atomic mass is 16.6. The molecule has 6 nitrogen and oxygen atoms in total. The van der Waals surface area contributed by atoms with Crippen molar-refractivity contribution in [2.24, 2.45) is 0 Å². The van der Waals surface area contributed by atoms with E-state index < -0.39 is 0 Å². The van der Waals surface area contributed by atoms with Crippen LogP contribution >= 0.6 is 0 Å². The Balaban J connectivity index is 1.90. The van der Waals surface area contributed by atoms with Crippen LogP contribution in [0, 0.1) is 10.1 Å². The van der Waals surface area contributed by atoms with Crippen LogP contribution < -0.4 is 10.1 Å². The monoisotopic (exact) mass is 337 g/mol. The maximum absolute atomic E-state index is 11.2. The minimum absolute atomic E-state index is 0.0356. The standard InChI is InChI=1S/C19H19N3O3/c1-3-25-15-6-4-14(5-7-15)13(2)21-18-8-9-19(22(23)24)17-12-20-11-10-16(17)18/h4-13,21H,3H2,1-2H3. The van der Waals surface area contributed by atoms with Gasteiger partial charge in [0.15, 0.2) is 0 Å². The van der Waals surface area contributed by atoms with Crippen LogP contribution in [-0.2, 0) is 0 Å². The third kappa shape index (κ3) is 3.52. The molecule has 0 amide bonds. The molecule has 1 unspecified atom stereocenters. The van der Waals surface area contributed by atoms with E-state index in [9.17, 15) is 10.1 Å². The maximum Gasteiger partial charge on any atom is 0.278 e. The Morgan fingerprint density at radius 1 is 1.16 bits per heavy atom. The molecule has 0 fully saturated rings. The van der Waals surface area contributed by atoms with Crippen LogP contribution in [0.15, 0.2) is 54.9 Å². The molecule has 1 aromatic heterocycles. The number of nitro groups is 1. The van der Waals surface area contributed by atoms with Crippen molar-refractivity contribution in [2.75, 3.05) is 11.9 Å². The molecule has 0 saturated carbocycles. The van der Waals surface area contributed by atoms with Gasteiger partial charge in [-0.25, -0.2) is 0 Å². The zero-order chi connectivity index (χ0) is 17.8. The lowest BCUT2D eigenvalue weighted by molar-refractivity contribution is -0.383. The third-order valence-electron chi connectivity index (χ3n) is 4.05.